The van der Waals surface area contributed by atoms with Gasteiger partial charge in [0.2, 0.25) is 0 Å². The Hall–Kier alpha value is -1.06. The van der Waals surface area contributed by atoms with Crippen LogP contribution in [-0.2, 0) is 6.54 Å². The van der Waals surface area contributed by atoms with E-state index < -0.39 is 0 Å². The van der Waals surface area contributed by atoms with Crippen LogP contribution in [0.1, 0.15) is 45.6 Å². The van der Waals surface area contributed by atoms with Crippen LogP contribution in [0.2, 0.25) is 0 Å². The Morgan fingerprint density at radius 2 is 1.71 bits per heavy atom. The molecule has 1 unspecified atom stereocenters. The van der Waals surface area contributed by atoms with Crippen molar-refractivity contribution in [1.29, 1.82) is 0 Å². The number of ether oxygens (including phenoxy) is 1. The Kier molecular flexibility index (Phi) is 6.52. The Balaban J connectivity index is 1.70. The zero-order valence-electron chi connectivity index (χ0n) is 13.8. The maximum Gasteiger partial charge on any atom is 0.119 e. The van der Waals surface area contributed by atoms with Crippen LogP contribution in [0.15, 0.2) is 24.3 Å². The predicted molar refractivity (Wildman–Crippen MR) is 88.8 cm³/mol. The minimum Gasteiger partial charge on any atom is -0.491 e. The highest BCUT2D eigenvalue weighted by atomic mass is 16.5. The van der Waals surface area contributed by atoms with Crippen molar-refractivity contribution in [2.45, 2.75) is 58.7 Å². The average Bonchev–Trinajstić information content (AvgIpc) is 2.49. The van der Waals surface area contributed by atoms with Crippen LogP contribution in [0.25, 0.3) is 0 Å². The van der Waals surface area contributed by atoms with Crippen molar-refractivity contribution in [3.05, 3.63) is 29.8 Å². The first-order valence-corrected chi connectivity index (χ1v) is 8.35. The minimum atomic E-state index is 0.236. The third kappa shape index (κ3) is 5.68. The zero-order valence-corrected chi connectivity index (χ0v) is 13.8. The molecule has 1 aromatic rings. The van der Waals surface area contributed by atoms with Gasteiger partial charge in [0.1, 0.15) is 5.75 Å². The van der Waals surface area contributed by atoms with Crippen molar-refractivity contribution >= 4 is 0 Å². The topological polar surface area (TPSA) is 24.5 Å². The largest absolute Gasteiger partial charge is 0.491 e. The number of likely N-dealkylation sites (tertiary alicyclic amines) is 1. The van der Waals surface area contributed by atoms with Crippen LogP contribution >= 0.6 is 0 Å². The Bertz CT molecular complexity index is 396. The molecule has 0 spiro atoms. The molecule has 2 rings (SSSR count). The van der Waals surface area contributed by atoms with Crippen molar-refractivity contribution in [3.8, 4) is 5.75 Å². The highest BCUT2D eigenvalue weighted by molar-refractivity contribution is 5.27. The molecule has 118 valence electrons. The molecule has 1 aliphatic rings. The van der Waals surface area contributed by atoms with Gasteiger partial charge in [0.05, 0.1) is 6.10 Å². The van der Waals surface area contributed by atoms with E-state index in [0.717, 1.165) is 18.8 Å². The first-order valence-electron chi connectivity index (χ1n) is 8.35. The molecule has 21 heavy (non-hydrogen) atoms. The molecule has 1 atom stereocenters. The lowest BCUT2D eigenvalue weighted by atomic mass is 10.1. The molecule has 1 saturated heterocycles. The molecule has 0 radical (unpaired) electrons. The molecule has 1 N–H and O–H groups in total. The summed E-state index contributed by atoms with van der Waals surface area (Å²) in [7, 11) is 0. The number of nitrogens with one attached hydrogen (secondary N) is 1. The molecule has 3 nitrogen and oxygen atoms in total. The second kappa shape index (κ2) is 8.40. The summed E-state index contributed by atoms with van der Waals surface area (Å²) >= 11 is 0. The molecular weight excluding hydrogens is 260 g/mol. The number of rotatable bonds is 7. The Morgan fingerprint density at radius 1 is 1.05 bits per heavy atom. The van der Waals surface area contributed by atoms with Gasteiger partial charge in [0.15, 0.2) is 0 Å². The first-order chi connectivity index (χ1) is 10.1. The SMILES string of the molecule is CC(C)Oc1ccc(CNCC(C)N2CCCCC2)cc1. The van der Waals surface area contributed by atoms with Crippen LogP contribution in [0.4, 0.5) is 0 Å². The van der Waals surface area contributed by atoms with Gasteiger partial charge in [-0.3, -0.25) is 4.90 Å². The third-order valence-electron chi connectivity index (χ3n) is 4.08. The van der Waals surface area contributed by atoms with Crippen molar-refractivity contribution in [1.82, 2.24) is 10.2 Å². The quantitative estimate of drug-likeness (QED) is 0.832. The van der Waals surface area contributed by atoms with Crippen LogP contribution in [0.3, 0.4) is 0 Å². The lowest BCUT2D eigenvalue weighted by Crippen LogP contribution is -2.42. The molecule has 3 heteroatoms. The molecular formula is C18H30N2O. The Morgan fingerprint density at radius 3 is 2.33 bits per heavy atom. The summed E-state index contributed by atoms with van der Waals surface area (Å²) in [6, 6.07) is 9.05. The van der Waals surface area contributed by atoms with E-state index in [0.29, 0.717) is 6.04 Å². The minimum absolute atomic E-state index is 0.236. The zero-order chi connectivity index (χ0) is 15.1. The molecule has 0 amide bonds. The first kappa shape index (κ1) is 16.3. The van der Waals surface area contributed by atoms with E-state index >= 15 is 0 Å². The smallest absolute Gasteiger partial charge is 0.119 e. The second-order valence-electron chi connectivity index (χ2n) is 6.39. The van der Waals surface area contributed by atoms with Crippen LogP contribution < -0.4 is 10.1 Å². The predicted octanol–water partition coefficient (Wildman–Crippen LogP) is 3.44. The summed E-state index contributed by atoms with van der Waals surface area (Å²) in [5.41, 5.74) is 1.32. The summed E-state index contributed by atoms with van der Waals surface area (Å²) in [4.78, 5) is 2.61. The van der Waals surface area contributed by atoms with Gasteiger partial charge in [-0.25, -0.2) is 0 Å². The fraction of sp³-hybridized carbons (Fsp3) is 0.667. The van der Waals surface area contributed by atoms with Gasteiger partial charge < -0.3 is 10.1 Å². The molecule has 1 heterocycles. The number of benzene rings is 1. The van der Waals surface area contributed by atoms with Crippen molar-refractivity contribution in [3.63, 3.8) is 0 Å². The van der Waals surface area contributed by atoms with E-state index in [1.807, 2.05) is 0 Å². The maximum absolute atomic E-state index is 5.66. The lowest BCUT2D eigenvalue weighted by Gasteiger charge is -2.32. The number of hydrogen-bond acceptors (Lipinski definition) is 3. The summed E-state index contributed by atoms with van der Waals surface area (Å²) in [5, 5.41) is 3.58. The van der Waals surface area contributed by atoms with Gasteiger partial charge in [0, 0.05) is 19.1 Å². The van der Waals surface area contributed by atoms with Gasteiger partial charge in [-0.1, -0.05) is 18.6 Å². The fourth-order valence-electron chi connectivity index (χ4n) is 2.87. The highest BCUT2D eigenvalue weighted by Crippen LogP contribution is 2.14. The summed E-state index contributed by atoms with van der Waals surface area (Å²) in [6.07, 6.45) is 4.37. The van der Waals surface area contributed by atoms with Gasteiger partial charge in [-0.2, -0.15) is 0 Å². The number of piperidine rings is 1. The van der Waals surface area contributed by atoms with Crippen LogP contribution in [0, 0.1) is 0 Å². The van der Waals surface area contributed by atoms with Gasteiger partial charge >= 0.3 is 0 Å². The van der Waals surface area contributed by atoms with Crippen LogP contribution in [-0.4, -0.2) is 36.7 Å². The van der Waals surface area contributed by atoms with E-state index in [1.165, 1.54) is 37.9 Å². The second-order valence-corrected chi connectivity index (χ2v) is 6.39. The molecule has 0 aromatic heterocycles. The van der Waals surface area contributed by atoms with Crippen LogP contribution in [0.5, 0.6) is 5.75 Å². The monoisotopic (exact) mass is 290 g/mol. The van der Waals surface area contributed by atoms with Crippen molar-refractivity contribution in [2.75, 3.05) is 19.6 Å². The summed E-state index contributed by atoms with van der Waals surface area (Å²) in [6.45, 7) is 11.0. The number of hydrogen-bond donors (Lipinski definition) is 1. The maximum atomic E-state index is 5.66. The summed E-state index contributed by atoms with van der Waals surface area (Å²) < 4.78 is 5.66. The average molecular weight is 290 g/mol. The van der Waals surface area contributed by atoms with Crippen molar-refractivity contribution < 1.29 is 4.74 Å². The molecule has 0 bridgehead atoms. The summed E-state index contributed by atoms with van der Waals surface area (Å²) in [5.74, 6) is 0.954. The standard InChI is InChI=1S/C18H30N2O/c1-15(2)21-18-9-7-17(8-10-18)14-19-13-16(3)20-11-5-4-6-12-20/h7-10,15-16,19H,4-6,11-14H2,1-3H3. The molecule has 1 aliphatic heterocycles. The van der Waals surface area contributed by atoms with E-state index in [4.69, 9.17) is 4.74 Å². The van der Waals surface area contributed by atoms with Gasteiger partial charge in [-0.15, -0.1) is 0 Å². The lowest BCUT2D eigenvalue weighted by molar-refractivity contribution is 0.170. The highest BCUT2D eigenvalue weighted by Gasteiger charge is 2.15. The van der Waals surface area contributed by atoms with Gasteiger partial charge in [0.25, 0.3) is 0 Å². The van der Waals surface area contributed by atoms with Crippen molar-refractivity contribution in [2.24, 2.45) is 0 Å². The molecule has 1 fully saturated rings. The molecule has 0 saturated carbocycles. The van der Waals surface area contributed by atoms with E-state index in [1.54, 1.807) is 0 Å². The Labute approximate surface area is 129 Å². The third-order valence-corrected chi connectivity index (χ3v) is 4.08. The van der Waals surface area contributed by atoms with Gasteiger partial charge in [-0.05, 0) is 64.4 Å². The van der Waals surface area contributed by atoms with E-state index in [9.17, 15) is 0 Å². The number of nitrogens with zero attached hydrogens (tertiary/aromatic N) is 1. The van der Waals surface area contributed by atoms with E-state index in [-0.39, 0.29) is 6.10 Å². The molecule has 0 aliphatic carbocycles. The normalized spacial score (nSPS) is 17.9. The molecule has 1 aromatic carbocycles. The fourth-order valence-corrected chi connectivity index (χ4v) is 2.87. The van der Waals surface area contributed by atoms with E-state index in [2.05, 4.69) is 55.3 Å².